The smallest absolute Gasteiger partial charge is 0.255 e. The molecule has 5 nitrogen and oxygen atoms in total. The van der Waals surface area contributed by atoms with E-state index in [0.717, 1.165) is 25.0 Å². The van der Waals surface area contributed by atoms with E-state index in [0.29, 0.717) is 17.7 Å². The van der Waals surface area contributed by atoms with E-state index in [9.17, 15) is 9.59 Å². The number of methoxy groups -OCH3 is 1. The molecule has 0 saturated carbocycles. The second kappa shape index (κ2) is 10.3. The first-order valence-corrected chi connectivity index (χ1v) is 11.3. The van der Waals surface area contributed by atoms with Gasteiger partial charge in [0, 0.05) is 0 Å². The maximum atomic E-state index is 13.1. The van der Waals surface area contributed by atoms with Crippen LogP contribution in [0, 0.1) is 0 Å². The molecule has 2 aromatic rings. The topological polar surface area (TPSA) is 67.4 Å². The molecule has 6 heteroatoms. The molecule has 1 aliphatic carbocycles. The van der Waals surface area contributed by atoms with Crippen molar-refractivity contribution in [2.75, 3.05) is 19.1 Å². The molecule has 1 aliphatic rings. The minimum atomic E-state index is -0.589. The zero-order valence-corrected chi connectivity index (χ0v) is 17.8. The van der Waals surface area contributed by atoms with Crippen molar-refractivity contribution in [2.45, 2.75) is 37.8 Å². The van der Waals surface area contributed by atoms with E-state index >= 15 is 0 Å². The SMILES string of the molecule is COc1ccccc1C(=O)NC(CCSC)C(=O)NC1CCCc2ccccc21. The van der Waals surface area contributed by atoms with Gasteiger partial charge in [-0.2, -0.15) is 11.8 Å². The quantitative estimate of drug-likeness (QED) is 0.693. The number of aryl methyl sites for hydroxylation is 1. The fourth-order valence-electron chi connectivity index (χ4n) is 3.75. The summed E-state index contributed by atoms with van der Waals surface area (Å²) in [6.45, 7) is 0. The van der Waals surface area contributed by atoms with E-state index in [4.69, 9.17) is 4.74 Å². The first kappa shape index (κ1) is 21.2. The van der Waals surface area contributed by atoms with Crippen LogP contribution in [0.5, 0.6) is 5.75 Å². The van der Waals surface area contributed by atoms with Gasteiger partial charge in [0.15, 0.2) is 0 Å². The zero-order chi connectivity index (χ0) is 20.6. The average molecular weight is 413 g/mol. The van der Waals surface area contributed by atoms with E-state index in [2.05, 4.69) is 22.8 Å². The summed E-state index contributed by atoms with van der Waals surface area (Å²) in [5.41, 5.74) is 2.91. The molecule has 0 spiro atoms. The molecule has 0 saturated heterocycles. The highest BCUT2D eigenvalue weighted by Gasteiger charge is 2.27. The van der Waals surface area contributed by atoms with Crippen LogP contribution in [0.25, 0.3) is 0 Å². The second-order valence-electron chi connectivity index (χ2n) is 7.16. The van der Waals surface area contributed by atoms with Crippen LogP contribution in [0.1, 0.15) is 46.8 Å². The van der Waals surface area contributed by atoms with Gasteiger partial charge in [0.2, 0.25) is 5.91 Å². The van der Waals surface area contributed by atoms with Crippen LogP contribution < -0.4 is 15.4 Å². The summed E-state index contributed by atoms with van der Waals surface area (Å²) in [4.78, 5) is 25.9. The molecule has 2 atom stereocenters. The second-order valence-corrected chi connectivity index (χ2v) is 8.15. The summed E-state index contributed by atoms with van der Waals surface area (Å²) in [5, 5.41) is 6.09. The third-order valence-corrected chi connectivity index (χ3v) is 5.91. The summed E-state index contributed by atoms with van der Waals surface area (Å²) in [7, 11) is 1.53. The highest BCUT2D eigenvalue weighted by molar-refractivity contribution is 7.98. The number of para-hydroxylation sites is 1. The first-order valence-electron chi connectivity index (χ1n) is 9.95. The number of hydrogen-bond acceptors (Lipinski definition) is 4. The Bertz CT molecular complexity index is 856. The summed E-state index contributed by atoms with van der Waals surface area (Å²) in [6, 6.07) is 14.7. The number of fused-ring (bicyclic) bond motifs is 1. The summed E-state index contributed by atoms with van der Waals surface area (Å²) < 4.78 is 5.28. The summed E-state index contributed by atoms with van der Waals surface area (Å²) in [5.74, 6) is 0.845. The Kier molecular flexibility index (Phi) is 7.58. The van der Waals surface area contributed by atoms with Crippen molar-refractivity contribution in [3.8, 4) is 5.75 Å². The lowest BCUT2D eigenvalue weighted by molar-refractivity contribution is -0.123. The molecule has 0 aliphatic heterocycles. The average Bonchev–Trinajstić information content (AvgIpc) is 2.76. The minimum absolute atomic E-state index is 0.00704. The molecule has 2 aromatic carbocycles. The van der Waals surface area contributed by atoms with Crippen LogP contribution in [-0.2, 0) is 11.2 Å². The van der Waals surface area contributed by atoms with Crippen LogP contribution in [-0.4, -0.2) is 37.0 Å². The molecule has 29 heavy (non-hydrogen) atoms. The van der Waals surface area contributed by atoms with E-state index in [1.165, 1.54) is 18.2 Å². The zero-order valence-electron chi connectivity index (χ0n) is 16.9. The van der Waals surface area contributed by atoms with Gasteiger partial charge in [0.05, 0.1) is 18.7 Å². The highest BCUT2D eigenvalue weighted by atomic mass is 32.2. The lowest BCUT2D eigenvalue weighted by Crippen LogP contribution is -2.48. The minimum Gasteiger partial charge on any atom is -0.496 e. The molecule has 0 heterocycles. The number of amides is 2. The van der Waals surface area contributed by atoms with Gasteiger partial charge in [-0.15, -0.1) is 0 Å². The largest absolute Gasteiger partial charge is 0.496 e. The van der Waals surface area contributed by atoms with Crippen LogP contribution in [0.15, 0.2) is 48.5 Å². The van der Waals surface area contributed by atoms with Gasteiger partial charge < -0.3 is 15.4 Å². The number of benzene rings is 2. The third-order valence-electron chi connectivity index (χ3n) is 5.27. The normalized spacial score (nSPS) is 16.4. The lowest BCUT2D eigenvalue weighted by Gasteiger charge is -2.28. The van der Waals surface area contributed by atoms with Gasteiger partial charge in [-0.05, 0) is 61.0 Å². The number of thioether (sulfide) groups is 1. The monoisotopic (exact) mass is 412 g/mol. The van der Waals surface area contributed by atoms with E-state index in [-0.39, 0.29) is 17.9 Å². The van der Waals surface area contributed by atoms with Gasteiger partial charge >= 0.3 is 0 Å². The van der Waals surface area contributed by atoms with Gasteiger partial charge in [-0.1, -0.05) is 36.4 Å². The molecule has 2 N–H and O–H groups in total. The Labute approximate surface area is 176 Å². The van der Waals surface area contributed by atoms with Crippen LogP contribution >= 0.6 is 11.8 Å². The lowest BCUT2D eigenvalue weighted by atomic mass is 9.87. The molecule has 0 bridgehead atoms. The highest BCUT2D eigenvalue weighted by Crippen LogP contribution is 2.29. The molecule has 0 radical (unpaired) electrons. The Hall–Kier alpha value is -2.47. The van der Waals surface area contributed by atoms with Crippen molar-refractivity contribution in [3.05, 3.63) is 65.2 Å². The van der Waals surface area contributed by atoms with Crippen molar-refractivity contribution in [1.29, 1.82) is 0 Å². The van der Waals surface area contributed by atoms with Crippen molar-refractivity contribution in [1.82, 2.24) is 10.6 Å². The predicted octanol–water partition coefficient (Wildman–Crippen LogP) is 3.74. The van der Waals surface area contributed by atoms with Gasteiger partial charge in [-0.3, -0.25) is 9.59 Å². The fourth-order valence-corrected chi connectivity index (χ4v) is 4.22. The van der Waals surface area contributed by atoms with E-state index < -0.39 is 6.04 Å². The van der Waals surface area contributed by atoms with Gasteiger partial charge in [0.25, 0.3) is 5.91 Å². The standard InChI is InChI=1S/C23H28N2O3S/c1-28-21-13-6-5-11-18(21)22(26)25-20(14-15-29-2)23(27)24-19-12-7-9-16-8-3-4-10-17(16)19/h3-6,8,10-11,13,19-20H,7,9,12,14-15H2,1-2H3,(H,24,27)(H,25,26). The number of rotatable bonds is 8. The van der Waals surface area contributed by atoms with E-state index in [1.807, 2.05) is 24.5 Å². The predicted molar refractivity (Wildman–Crippen MR) is 118 cm³/mol. The van der Waals surface area contributed by atoms with Gasteiger partial charge in [-0.25, -0.2) is 0 Å². The molecule has 2 unspecified atom stereocenters. The third kappa shape index (κ3) is 5.32. The Balaban J connectivity index is 1.73. The Morgan fingerprint density at radius 2 is 1.93 bits per heavy atom. The van der Waals surface area contributed by atoms with E-state index in [1.54, 1.807) is 30.0 Å². The summed E-state index contributed by atoms with van der Waals surface area (Å²) >= 11 is 1.66. The molecular weight excluding hydrogens is 384 g/mol. The number of carbonyl (C=O) groups is 2. The van der Waals surface area contributed by atoms with Crippen LogP contribution in [0.4, 0.5) is 0 Å². The van der Waals surface area contributed by atoms with Crippen LogP contribution in [0.3, 0.4) is 0 Å². The molecule has 154 valence electrons. The maximum absolute atomic E-state index is 13.1. The number of carbonyl (C=O) groups excluding carboxylic acids is 2. The van der Waals surface area contributed by atoms with Crippen molar-refractivity contribution < 1.29 is 14.3 Å². The van der Waals surface area contributed by atoms with Crippen molar-refractivity contribution >= 4 is 23.6 Å². The fraction of sp³-hybridized carbons (Fsp3) is 0.391. The summed E-state index contributed by atoms with van der Waals surface area (Å²) in [6.07, 6.45) is 5.57. The molecule has 3 rings (SSSR count). The number of hydrogen-bond donors (Lipinski definition) is 2. The molecule has 0 aromatic heterocycles. The first-order chi connectivity index (χ1) is 14.1. The van der Waals surface area contributed by atoms with Crippen molar-refractivity contribution in [3.63, 3.8) is 0 Å². The van der Waals surface area contributed by atoms with Crippen molar-refractivity contribution in [2.24, 2.45) is 0 Å². The number of nitrogens with one attached hydrogen (secondary N) is 2. The molecule has 0 fully saturated rings. The Morgan fingerprint density at radius 1 is 1.17 bits per heavy atom. The van der Waals surface area contributed by atoms with Crippen LogP contribution in [0.2, 0.25) is 0 Å². The molecule has 2 amide bonds. The van der Waals surface area contributed by atoms with Gasteiger partial charge in [0.1, 0.15) is 11.8 Å². The maximum Gasteiger partial charge on any atom is 0.255 e. The Morgan fingerprint density at radius 3 is 2.72 bits per heavy atom. The molecular formula is C23H28N2O3S. The number of ether oxygens (including phenoxy) is 1.